The lowest BCUT2D eigenvalue weighted by Gasteiger charge is -2.22. The average molecular weight is 416 g/mol. The van der Waals surface area contributed by atoms with Crippen molar-refractivity contribution in [3.05, 3.63) is 57.5 Å². The zero-order chi connectivity index (χ0) is 19.3. The number of ether oxygens (including phenoxy) is 1. The first-order chi connectivity index (χ1) is 12.3. The van der Waals surface area contributed by atoms with E-state index in [2.05, 4.69) is 5.32 Å². The number of halogens is 3. The van der Waals surface area contributed by atoms with Crippen LogP contribution in [0.25, 0.3) is 0 Å². The predicted molar refractivity (Wildman–Crippen MR) is 104 cm³/mol. The smallest absolute Gasteiger partial charge is 0.263 e. The van der Waals surface area contributed by atoms with E-state index in [0.29, 0.717) is 26.5 Å². The van der Waals surface area contributed by atoms with E-state index in [9.17, 15) is 9.59 Å². The Morgan fingerprint density at radius 2 is 1.65 bits per heavy atom. The van der Waals surface area contributed by atoms with Gasteiger partial charge in [-0.25, -0.2) is 0 Å². The quantitative estimate of drug-likeness (QED) is 0.755. The molecule has 0 saturated carbocycles. The van der Waals surface area contributed by atoms with Crippen molar-refractivity contribution in [1.82, 2.24) is 4.90 Å². The molecule has 0 aromatic heterocycles. The lowest BCUT2D eigenvalue weighted by molar-refractivity contribution is -0.139. The first-order valence-corrected chi connectivity index (χ1v) is 8.82. The van der Waals surface area contributed by atoms with Gasteiger partial charge in [0.15, 0.2) is 6.10 Å². The van der Waals surface area contributed by atoms with E-state index < -0.39 is 12.0 Å². The molecule has 26 heavy (non-hydrogen) atoms. The molecule has 0 spiro atoms. The molecule has 1 atom stereocenters. The molecule has 5 nitrogen and oxygen atoms in total. The summed E-state index contributed by atoms with van der Waals surface area (Å²) in [6.45, 7) is 1.44. The van der Waals surface area contributed by atoms with Gasteiger partial charge in [0.25, 0.3) is 5.91 Å². The second-order valence-corrected chi connectivity index (χ2v) is 6.80. The van der Waals surface area contributed by atoms with Crippen LogP contribution >= 0.6 is 34.8 Å². The van der Waals surface area contributed by atoms with Gasteiger partial charge in [0.2, 0.25) is 5.91 Å². The van der Waals surface area contributed by atoms with E-state index in [1.165, 1.54) is 11.9 Å². The van der Waals surface area contributed by atoms with E-state index in [1.54, 1.807) is 49.4 Å². The number of nitrogens with one attached hydrogen (secondary N) is 1. The minimum atomic E-state index is -0.766. The molecule has 2 aromatic rings. The Hall–Kier alpha value is -1.95. The van der Waals surface area contributed by atoms with Crippen LogP contribution in [-0.2, 0) is 9.59 Å². The number of benzene rings is 2. The Bertz CT molecular complexity index is 777. The highest BCUT2D eigenvalue weighted by atomic mass is 35.5. The summed E-state index contributed by atoms with van der Waals surface area (Å²) in [4.78, 5) is 25.8. The number of para-hydroxylation sites is 1. The Labute approximate surface area is 166 Å². The van der Waals surface area contributed by atoms with Crippen molar-refractivity contribution in [2.45, 2.75) is 13.0 Å². The van der Waals surface area contributed by atoms with Gasteiger partial charge in [-0.3, -0.25) is 9.59 Å². The summed E-state index contributed by atoms with van der Waals surface area (Å²) in [5.74, 6) is -0.258. The monoisotopic (exact) mass is 414 g/mol. The lowest BCUT2D eigenvalue weighted by Crippen LogP contribution is -2.42. The van der Waals surface area contributed by atoms with E-state index in [0.717, 1.165) is 0 Å². The fourth-order valence-electron chi connectivity index (χ4n) is 2.17. The Morgan fingerprint density at radius 3 is 2.23 bits per heavy atom. The van der Waals surface area contributed by atoms with E-state index in [-0.39, 0.29) is 12.5 Å². The average Bonchev–Trinajstić information content (AvgIpc) is 2.59. The zero-order valence-corrected chi connectivity index (χ0v) is 16.4. The Kier molecular flexibility index (Phi) is 7.14. The maximum Gasteiger partial charge on any atom is 0.263 e. The van der Waals surface area contributed by atoms with Crippen molar-refractivity contribution in [3.8, 4) is 5.75 Å². The van der Waals surface area contributed by atoms with Crippen LogP contribution in [-0.4, -0.2) is 36.4 Å². The first-order valence-electron chi connectivity index (χ1n) is 7.69. The molecular formula is C18H17Cl3N2O3. The molecule has 0 bridgehead atoms. The molecule has 0 aliphatic carbocycles. The van der Waals surface area contributed by atoms with Crippen LogP contribution in [0.5, 0.6) is 5.75 Å². The topological polar surface area (TPSA) is 58.6 Å². The van der Waals surface area contributed by atoms with Crippen molar-refractivity contribution in [2.24, 2.45) is 0 Å². The highest BCUT2D eigenvalue weighted by Crippen LogP contribution is 2.29. The molecule has 8 heteroatoms. The van der Waals surface area contributed by atoms with Crippen molar-refractivity contribution >= 4 is 52.3 Å². The molecule has 0 fully saturated rings. The summed E-state index contributed by atoms with van der Waals surface area (Å²) in [5.41, 5.74) is 0.312. The van der Waals surface area contributed by atoms with Gasteiger partial charge < -0.3 is 15.0 Å². The number of hydrogen-bond acceptors (Lipinski definition) is 3. The van der Waals surface area contributed by atoms with Crippen LogP contribution in [0.2, 0.25) is 15.1 Å². The minimum Gasteiger partial charge on any atom is -0.481 e. The fraction of sp³-hybridized carbons (Fsp3) is 0.222. The molecule has 0 heterocycles. The van der Waals surface area contributed by atoms with Crippen LogP contribution in [0.3, 0.4) is 0 Å². The van der Waals surface area contributed by atoms with E-state index >= 15 is 0 Å². The molecule has 1 N–H and O–H groups in total. The van der Waals surface area contributed by atoms with Crippen molar-refractivity contribution in [2.75, 3.05) is 18.9 Å². The van der Waals surface area contributed by atoms with Crippen molar-refractivity contribution < 1.29 is 14.3 Å². The van der Waals surface area contributed by atoms with Gasteiger partial charge in [0, 0.05) is 12.1 Å². The molecule has 2 amide bonds. The van der Waals surface area contributed by atoms with Crippen LogP contribution in [0.4, 0.5) is 5.69 Å². The number of amides is 2. The standard InChI is InChI=1S/C18H17Cl3N2O3/c1-11(26-13-8-6-12(19)7-9-13)18(25)23(2)10-16(24)22-17-14(20)4-3-5-15(17)21/h3-9,11H,10H2,1-2H3,(H,22,24). The summed E-state index contributed by atoms with van der Waals surface area (Å²) in [5, 5.41) is 3.82. The summed E-state index contributed by atoms with van der Waals surface area (Å²) in [6, 6.07) is 11.6. The van der Waals surface area contributed by atoms with Gasteiger partial charge in [0.05, 0.1) is 22.3 Å². The van der Waals surface area contributed by atoms with Crippen LogP contribution in [0.15, 0.2) is 42.5 Å². The molecule has 138 valence electrons. The molecule has 2 rings (SSSR count). The normalized spacial score (nSPS) is 11.6. The van der Waals surface area contributed by atoms with Gasteiger partial charge >= 0.3 is 0 Å². The maximum atomic E-state index is 12.4. The Balaban J connectivity index is 1.93. The minimum absolute atomic E-state index is 0.172. The maximum absolute atomic E-state index is 12.4. The van der Waals surface area contributed by atoms with Gasteiger partial charge in [-0.2, -0.15) is 0 Å². The highest BCUT2D eigenvalue weighted by molar-refractivity contribution is 6.39. The van der Waals surface area contributed by atoms with E-state index in [1.807, 2.05) is 0 Å². The number of nitrogens with zero attached hydrogens (tertiary/aromatic N) is 1. The van der Waals surface area contributed by atoms with Crippen molar-refractivity contribution in [1.29, 1.82) is 0 Å². The molecule has 0 radical (unpaired) electrons. The number of carbonyl (C=O) groups excluding carboxylic acids is 2. The summed E-state index contributed by atoms with van der Waals surface area (Å²) >= 11 is 17.8. The SMILES string of the molecule is CC(Oc1ccc(Cl)cc1)C(=O)N(C)CC(=O)Nc1c(Cl)cccc1Cl. The second-order valence-electron chi connectivity index (χ2n) is 5.55. The Morgan fingerprint density at radius 1 is 1.08 bits per heavy atom. The molecule has 0 saturated heterocycles. The lowest BCUT2D eigenvalue weighted by atomic mass is 10.3. The first kappa shape index (κ1) is 20.4. The van der Waals surface area contributed by atoms with Crippen LogP contribution < -0.4 is 10.1 Å². The molecular weight excluding hydrogens is 399 g/mol. The number of carbonyl (C=O) groups is 2. The summed E-state index contributed by atoms with van der Waals surface area (Å²) < 4.78 is 5.57. The third-order valence-electron chi connectivity index (χ3n) is 3.46. The molecule has 0 aliphatic rings. The number of hydrogen-bond donors (Lipinski definition) is 1. The zero-order valence-electron chi connectivity index (χ0n) is 14.1. The third kappa shape index (κ3) is 5.53. The van der Waals surface area contributed by atoms with Gasteiger partial charge in [0.1, 0.15) is 5.75 Å². The van der Waals surface area contributed by atoms with Gasteiger partial charge in [-0.05, 0) is 43.3 Å². The van der Waals surface area contributed by atoms with Gasteiger partial charge in [-0.1, -0.05) is 40.9 Å². The second kappa shape index (κ2) is 9.12. The van der Waals surface area contributed by atoms with Crippen LogP contribution in [0.1, 0.15) is 6.92 Å². The largest absolute Gasteiger partial charge is 0.481 e. The number of likely N-dealkylation sites (N-methyl/N-ethyl adjacent to an activating group) is 1. The van der Waals surface area contributed by atoms with Crippen LogP contribution in [0, 0.1) is 0 Å². The molecule has 1 unspecified atom stereocenters. The molecule has 2 aromatic carbocycles. The van der Waals surface area contributed by atoms with Gasteiger partial charge in [-0.15, -0.1) is 0 Å². The third-order valence-corrected chi connectivity index (χ3v) is 4.34. The molecule has 0 aliphatic heterocycles. The summed E-state index contributed by atoms with van der Waals surface area (Å²) in [7, 11) is 1.51. The summed E-state index contributed by atoms with van der Waals surface area (Å²) in [6.07, 6.45) is -0.766. The number of rotatable bonds is 6. The van der Waals surface area contributed by atoms with Crippen molar-refractivity contribution in [3.63, 3.8) is 0 Å². The number of anilines is 1. The van der Waals surface area contributed by atoms with E-state index in [4.69, 9.17) is 39.5 Å². The predicted octanol–water partition coefficient (Wildman–Crippen LogP) is 4.51. The fourth-order valence-corrected chi connectivity index (χ4v) is 2.79. The highest BCUT2D eigenvalue weighted by Gasteiger charge is 2.21.